The van der Waals surface area contributed by atoms with Gasteiger partial charge in [0.25, 0.3) is 0 Å². The molecule has 0 aliphatic rings. The molecular formula is C10H9FO2. The summed E-state index contributed by atoms with van der Waals surface area (Å²) >= 11 is 0. The maximum atomic E-state index is 12.9. The SMILES string of the molecule is CC(=O)c1ccc(F)c(C)c1C=O. The summed E-state index contributed by atoms with van der Waals surface area (Å²) in [6.07, 6.45) is 0.509. The second-order valence-corrected chi connectivity index (χ2v) is 2.81. The lowest BCUT2D eigenvalue weighted by atomic mass is 10.00. The number of benzene rings is 1. The van der Waals surface area contributed by atoms with Crippen molar-refractivity contribution >= 4 is 12.1 Å². The van der Waals surface area contributed by atoms with Crippen molar-refractivity contribution in [2.75, 3.05) is 0 Å². The highest BCUT2D eigenvalue weighted by atomic mass is 19.1. The van der Waals surface area contributed by atoms with Gasteiger partial charge in [-0.2, -0.15) is 0 Å². The fourth-order valence-corrected chi connectivity index (χ4v) is 1.16. The number of carbonyl (C=O) groups excluding carboxylic acids is 2. The number of ketones is 1. The molecule has 0 saturated carbocycles. The molecule has 0 radical (unpaired) electrons. The van der Waals surface area contributed by atoms with E-state index in [4.69, 9.17) is 0 Å². The fourth-order valence-electron chi connectivity index (χ4n) is 1.16. The minimum atomic E-state index is -0.466. The summed E-state index contributed by atoms with van der Waals surface area (Å²) in [6.45, 7) is 2.82. The number of rotatable bonds is 2. The highest BCUT2D eigenvalue weighted by Gasteiger charge is 2.11. The molecule has 1 aromatic carbocycles. The molecule has 0 atom stereocenters. The van der Waals surface area contributed by atoms with E-state index in [-0.39, 0.29) is 22.5 Å². The van der Waals surface area contributed by atoms with Crippen molar-refractivity contribution in [2.24, 2.45) is 0 Å². The van der Waals surface area contributed by atoms with E-state index in [0.29, 0.717) is 6.29 Å². The summed E-state index contributed by atoms with van der Waals surface area (Å²) in [6, 6.07) is 2.52. The van der Waals surface area contributed by atoms with Crippen LogP contribution in [0.3, 0.4) is 0 Å². The Labute approximate surface area is 75.4 Å². The molecule has 0 aromatic heterocycles. The Kier molecular flexibility index (Phi) is 2.56. The molecule has 0 unspecified atom stereocenters. The molecule has 0 aliphatic carbocycles. The number of hydrogen-bond acceptors (Lipinski definition) is 2. The first kappa shape index (κ1) is 9.58. The molecule has 0 bridgehead atoms. The third-order valence-corrected chi connectivity index (χ3v) is 1.95. The topological polar surface area (TPSA) is 34.1 Å². The number of hydrogen-bond donors (Lipinski definition) is 0. The van der Waals surface area contributed by atoms with Gasteiger partial charge in [-0.1, -0.05) is 0 Å². The first-order valence-electron chi connectivity index (χ1n) is 3.83. The third kappa shape index (κ3) is 1.64. The van der Waals surface area contributed by atoms with Gasteiger partial charge in [-0.15, -0.1) is 0 Å². The third-order valence-electron chi connectivity index (χ3n) is 1.95. The largest absolute Gasteiger partial charge is 0.298 e. The highest BCUT2D eigenvalue weighted by molar-refractivity contribution is 6.02. The van der Waals surface area contributed by atoms with Gasteiger partial charge in [-0.05, 0) is 31.5 Å². The van der Waals surface area contributed by atoms with Crippen LogP contribution in [0.1, 0.15) is 33.2 Å². The molecule has 2 nitrogen and oxygen atoms in total. The van der Waals surface area contributed by atoms with E-state index in [1.54, 1.807) is 0 Å². The van der Waals surface area contributed by atoms with Crippen LogP contribution in [0.2, 0.25) is 0 Å². The van der Waals surface area contributed by atoms with Crippen LogP contribution in [-0.4, -0.2) is 12.1 Å². The lowest BCUT2D eigenvalue weighted by Gasteiger charge is -2.04. The second kappa shape index (κ2) is 3.47. The molecule has 0 N–H and O–H groups in total. The molecule has 0 spiro atoms. The van der Waals surface area contributed by atoms with Crippen LogP contribution in [0.15, 0.2) is 12.1 Å². The van der Waals surface area contributed by atoms with E-state index in [9.17, 15) is 14.0 Å². The van der Waals surface area contributed by atoms with Crippen molar-refractivity contribution in [1.82, 2.24) is 0 Å². The monoisotopic (exact) mass is 180 g/mol. The van der Waals surface area contributed by atoms with Gasteiger partial charge in [0.05, 0.1) is 0 Å². The number of halogens is 1. The lowest BCUT2D eigenvalue weighted by molar-refractivity contribution is 0.100. The zero-order valence-electron chi connectivity index (χ0n) is 7.43. The average Bonchev–Trinajstić information content (AvgIpc) is 2.09. The predicted molar refractivity (Wildman–Crippen MR) is 46.5 cm³/mol. The molecule has 68 valence electrons. The summed E-state index contributed by atoms with van der Waals surface area (Å²) in [4.78, 5) is 21.6. The van der Waals surface area contributed by atoms with Crippen LogP contribution in [0.25, 0.3) is 0 Å². The van der Waals surface area contributed by atoms with E-state index in [1.807, 2.05) is 0 Å². The van der Waals surface area contributed by atoms with E-state index < -0.39 is 5.82 Å². The van der Waals surface area contributed by atoms with E-state index in [2.05, 4.69) is 0 Å². The molecular weight excluding hydrogens is 171 g/mol. The fraction of sp³-hybridized carbons (Fsp3) is 0.200. The zero-order chi connectivity index (χ0) is 10.0. The summed E-state index contributed by atoms with van der Waals surface area (Å²) in [5, 5.41) is 0. The molecule has 0 aliphatic heterocycles. The van der Waals surface area contributed by atoms with Gasteiger partial charge >= 0.3 is 0 Å². The van der Waals surface area contributed by atoms with Crippen LogP contribution in [0.5, 0.6) is 0 Å². The van der Waals surface area contributed by atoms with Gasteiger partial charge in [0.1, 0.15) is 5.82 Å². The van der Waals surface area contributed by atoms with Crippen LogP contribution in [0, 0.1) is 12.7 Å². The van der Waals surface area contributed by atoms with Gasteiger partial charge in [0.2, 0.25) is 0 Å². The van der Waals surface area contributed by atoms with Crippen LogP contribution < -0.4 is 0 Å². The number of Topliss-reactive ketones (excluding diaryl/α,β-unsaturated/α-hetero) is 1. The van der Waals surface area contributed by atoms with Crippen LogP contribution in [0.4, 0.5) is 4.39 Å². The van der Waals surface area contributed by atoms with Crippen molar-refractivity contribution in [3.8, 4) is 0 Å². The van der Waals surface area contributed by atoms with Gasteiger partial charge in [0.15, 0.2) is 12.1 Å². The molecule has 13 heavy (non-hydrogen) atoms. The normalized spacial score (nSPS) is 9.77. The molecule has 0 amide bonds. The first-order chi connectivity index (χ1) is 6.07. The molecule has 0 saturated heterocycles. The maximum Gasteiger partial charge on any atom is 0.160 e. The number of carbonyl (C=O) groups is 2. The Morgan fingerprint density at radius 1 is 1.46 bits per heavy atom. The smallest absolute Gasteiger partial charge is 0.160 e. The molecule has 1 aromatic rings. The summed E-state index contributed by atoms with van der Waals surface area (Å²) in [7, 11) is 0. The van der Waals surface area contributed by atoms with E-state index >= 15 is 0 Å². The van der Waals surface area contributed by atoms with Crippen LogP contribution >= 0.6 is 0 Å². The summed E-state index contributed by atoms with van der Waals surface area (Å²) in [5.74, 6) is -0.697. The second-order valence-electron chi connectivity index (χ2n) is 2.81. The Morgan fingerprint density at radius 2 is 2.08 bits per heavy atom. The molecule has 3 heteroatoms. The molecule has 1 rings (SSSR count). The maximum absolute atomic E-state index is 12.9. The Balaban J connectivity index is 3.47. The van der Waals surface area contributed by atoms with Gasteiger partial charge in [-0.25, -0.2) is 4.39 Å². The minimum Gasteiger partial charge on any atom is -0.298 e. The Morgan fingerprint density at radius 3 is 2.54 bits per heavy atom. The predicted octanol–water partition coefficient (Wildman–Crippen LogP) is 2.15. The van der Waals surface area contributed by atoms with Gasteiger partial charge < -0.3 is 0 Å². The van der Waals surface area contributed by atoms with Crippen LogP contribution in [-0.2, 0) is 0 Å². The van der Waals surface area contributed by atoms with Crippen molar-refractivity contribution in [2.45, 2.75) is 13.8 Å². The standard InChI is InChI=1S/C10H9FO2/c1-6-9(5-12)8(7(2)13)3-4-10(6)11/h3-5H,1-2H3. The minimum absolute atomic E-state index is 0.146. The van der Waals surface area contributed by atoms with E-state index in [1.165, 1.54) is 26.0 Å². The highest BCUT2D eigenvalue weighted by Crippen LogP contribution is 2.16. The number of aldehydes is 1. The summed E-state index contributed by atoms with van der Waals surface area (Å²) in [5.41, 5.74) is 0.643. The van der Waals surface area contributed by atoms with Gasteiger partial charge in [-0.3, -0.25) is 9.59 Å². The van der Waals surface area contributed by atoms with Crippen molar-refractivity contribution in [3.05, 3.63) is 34.6 Å². The molecule has 0 fully saturated rings. The van der Waals surface area contributed by atoms with Crippen molar-refractivity contribution in [1.29, 1.82) is 0 Å². The van der Waals surface area contributed by atoms with Crippen molar-refractivity contribution < 1.29 is 14.0 Å². The first-order valence-corrected chi connectivity index (χ1v) is 3.83. The Hall–Kier alpha value is -1.51. The lowest BCUT2D eigenvalue weighted by Crippen LogP contribution is -2.02. The van der Waals surface area contributed by atoms with Crippen molar-refractivity contribution in [3.63, 3.8) is 0 Å². The average molecular weight is 180 g/mol. The Bertz CT molecular complexity index is 369. The zero-order valence-corrected chi connectivity index (χ0v) is 7.43. The molecule has 0 heterocycles. The van der Waals surface area contributed by atoms with Gasteiger partial charge in [0, 0.05) is 11.1 Å². The van der Waals surface area contributed by atoms with E-state index in [0.717, 1.165) is 0 Å². The summed E-state index contributed by atoms with van der Waals surface area (Å²) < 4.78 is 12.9. The quantitative estimate of drug-likeness (QED) is 0.516.